The van der Waals surface area contributed by atoms with Gasteiger partial charge in [-0.25, -0.2) is 8.42 Å². The fourth-order valence-corrected chi connectivity index (χ4v) is 5.36. The lowest BCUT2D eigenvalue weighted by Crippen LogP contribution is -2.58. The molecule has 1 aliphatic rings. The van der Waals surface area contributed by atoms with Crippen molar-refractivity contribution >= 4 is 27.4 Å². The third-order valence-electron chi connectivity index (χ3n) is 5.73. The minimum atomic E-state index is -4.97. The molecule has 15 heteroatoms. The van der Waals surface area contributed by atoms with E-state index in [1.807, 2.05) is 0 Å². The van der Waals surface area contributed by atoms with Crippen molar-refractivity contribution in [1.82, 2.24) is 16.0 Å². The molecule has 0 bridgehead atoms. The molecule has 0 saturated carbocycles. The lowest BCUT2D eigenvalue weighted by atomic mass is 9.95. The first kappa shape index (κ1) is 30.4. The Hall–Kier alpha value is -2.81. The molecule has 1 aromatic carbocycles. The molecule has 2 rings (SSSR count). The van der Waals surface area contributed by atoms with Crippen molar-refractivity contribution in [1.29, 1.82) is 0 Å². The standard InChI is InChI=1S/C22H28F5N3O6S/c1-12(2)17(18(31)22(26,27)20(33)29-11-21(23,24)25)30-19(32)16-8-15(9-28-16)37(34,35)10-13-4-6-14(36-3)7-5-13/h4-7,12,15-17,28H,8-11H2,1-3H3,(H,29,33)(H,30,32)/t15-,16+,17+/m1/s1. The van der Waals surface area contributed by atoms with Crippen LogP contribution in [-0.2, 0) is 30.0 Å². The molecular weight excluding hydrogens is 529 g/mol. The molecule has 0 aromatic heterocycles. The van der Waals surface area contributed by atoms with Crippen molar-refractivity contribution in [3.63, 3.8) is 0 Å². The topological polar surface area (TPSA) is 131 Å². The minimum absolute atomic E-state index is 0.104. The molecule has 3 atom stereocenters. The number of ketones is 1. The molecule has 37 heavy (non-hydrogen) atoms. The largest absolute Gasteiger partial charge is 0.497 e. The van der Waals surface area contributed by atoms with Crippen molar-refractivity contribution in [3.05, 3.63) is 29.8 Å². The van der Waals surface area contributed by atoms with Crippen molar-refractivity contribution in [2.75, 3.05) is 20.2 Å². The van der Waals surface area contributed by atoms with Gasteiger partial charge < -0.3 is 20.7 Å². The molecule has 1 heterocycles. The minimum Gasteiger partial charge on any atom is -0.497 e. The van der Waals surface area contributed by atoms with Crippen LogP contribution in [0.2, 0.25) is 0 Å². The predicted molar refractivity (Wildman–Crippen MR) is 122 cm³/mol. The highest BCUT2D eigenvalue weighted by Gasteiger charge is 2.52. The van der Waals surface area contributed by atoms with Gasteiger partial charge in [0.2, 0.25) is 11.7 Å². The Balaban J connectivity index is 2.04. The van der Waals surface area contributed by atoms with Gasteiger partial charge in [-0.2, -0.15) is 22.0 Å². The van der Waals surface area contributed by atoms with Gasteiger partial charge in [0.05, 0.1) is 30.2 Å². The van der Waals surface area contributed by atoms with E-state index in [2.05, 4.69) is 10.6 Å². The Morgan fingerprint density at radius 2 is 1.70 bits per heavy atom. The number of hydrogen-bond acceptors (Lipinski definition) is 7. The molecule has 208 valence electrons. The summed E-state index contributed by atoms with van der Waals surface area (Å²) in [5.74, 6) is -11.1. The van der Waals surface area contributed by atoms with Crippen LogP contribution in [0.4, 0.5) is 22.0 Å². The highest BCUT2D eigenvalue weighted by molar-refractivity contribution is 7.91. The van der Waals surface area contributed by atoms with Crippen LogP contribution in [-0.4, -0.2) is 75.6 Å². The van der Waals surface area contributed by atoms with Crippen LogP contribution in [0.1, 0.15) is 25.8 Å². The maximum Gasteiger partial charge on any atom is 0.405 e. The Morgan fingerprint density at radius 1 is 1.11 bits per heavy atom. The Labute approximate surface area is 210 Å². The van der Waals surface area contributed by atoms with Crippen molar-refractivity contribution in [3.8, 4) is 5.75 Å². The Kier molecular flexibility index (Phi) is 9.63. The first-order valence-corrected chi connectivity index (χ1v) is 12.8. The molecular formula is C22H28F5N3O6S. The van der Waals surface area contributed by atoms with E-state index in [1.165, 1.54) is 21.0 Å². The lowest BCUT2D eigenvalue weighted by molar-refractivity contribution is -0.165. The number of rotatable bonds is 11. The number of hydrogen-bond donors (Lipinski definition) is 3. The molecule has 1 aromatic rings. The summed E-state index contributed by atoms with van der Waals surface area (Å²) in [6.07, 6.45) is -5.18. The normalized spacial score (nSPS) is 19.4. The van der Waals surface area contributed by atoms with Gasteiger partial charge in [-0.15, -0.1) is 0 Å². The number of Topliss-reactive ketones (excluding diaryl/α,β-unsaturated/α-hetero) is 1. The number of ether oxygens (including phenoxy) is 1. The van der Waals surface area contributed by atoms with Crippen LogP contribution < -0.4 is 20.7 Å². The summed E-state index contributed by atoms with van der Waals surface area (Å²) in [5, 5.41) is 4.75. The molecule has 0 unspecified atom stereocenters. The Morgan fingerprint density at radius 3 is 2.22 bits per heavy atom. The van der Waals surface area contributed by atoms with Gasteiger partial charge in [-0.05, 0) is 30.0 Å². The predicted octanol–water partition coefficient (Wildman–Crippen LogP) is 1.36. The number of sulfone groups is 1. The summed E-state index contributed by atoms with van der Waals surface area (Å²) in [4.78, 5) is 36.6. The summed E-state index contributed by atoms with van der Waals surface area (Å²) < 4.78 is 96.0. The van der Waals surface area contributed by atoms with E-state index in [9.17, 15) is 44.8 Å². The average molecular weight is 558 g/mol. The van der Waals surface area contributed by atoms with E-state index in [1.54, 1.807) is 24.3 Å². The fourth-order valence-electron chi connectivity index (χ4n) is 3.64. The quantitative estimate of drug-likeness (QED) is 0.277. The van der Waals surface area contributed by atoms with E-state index in [4.69, 9.17) is 4.74 Å². The van der Waals surface area contributed by atoms with Gasteiger partial charge in [0.1, 0.15) is 12.3 Å². The SMILES string of the molecule is COc1ccc(CS(=O)(=O)[C@H]2CN[C@H](C(=O)N[C@H](C(=O)C(F)(F)C(=O)NCC(F)(F)F)C(C)C)C2)cc1. The molecule has 0 radical (unpaired) electrons. The number of carbonyl (C=O) groups excluding carboxylic acids is 3. The van der Waals surface area contributed by atoms with Crippen molar-refractivity contribution in [2.24, 2.45) is 5.92 Å². The summed E-state index contributed by atoms with van der Waals surface area (Å²) in [6, 6.07) is 3.28. The monoisotopic (exact) mass is 557 g/mol. The van der Waals surface area contributed by atoms with Gasteiger partial charge in [0.25, 0.3) is 5.91 Å². The zero-order valence-electron chi connectivity index (χ0n) is 20.2. The van der Waals surface area contributed by atoms with E-state index in [-0.39, 0.29) is 18.7 Å². The second-order valence-electron chi connectivity index (χ2n) is 8.94. The van der Waals surface area contributed by atoms with Crippen molar-refractivity contribution < 1.29 is 49.5 Å². The zero-order valence-corrected chi connectivity index (χ0v) is 21.0. The summed E-state index contributed by atoms with van der Waals surface area (Å²) in [6.45, 7) is 0.409. The molecule has 1 saturated heterocycles. The molecule has 2 amide bonds. The number of nitrogens with one attached hydrogen (secondary N) is 3. The molecule has 9 nitrogen and oxygen atoms in total. The third-order valence-corrected chi connectivity index (χ3v) is 7.84. The Bertz CT molecular complexity index is 1090. The van der Waals surface area contributed by atoms with Crippen LogP contribution in [0.15, 0.2) is 24.3 Å². The number of alkyl halides is 5. The van der Waals surface area contributed by atoms with Gasteiger partial charge in [0.15, 0.2) is 9.84 Å². The number of benzene rings is 1. The molecule has 1 fully saturated rings. The van der Waals surface area contributed by atoms with Crippen LogP contribution in [0.3, 0.4) is 0 Å². The van der Waals surface area contributed by atoms with E-state index < -0.39 is 69.3 Å². The third kappa shape index (κ3) is 8.09. The van der Waals surface area contributed by atoms with Crippen LogP contribution in [0, 0.1) is 5.92 Å². The van der Waals surface area contributed by atoms with Crippen LogP contribution in [0.25, 0.3) is 0 Å². The fraction of sp³-hybridized carbons (Fsp3) is 0.591. The average Bonchev–Trinajstić information content (AvgIpc) is 3.31. The van der Waals surface area contributed by atoms with E-state index in [0.717, 1.165) is 5.32 Å². The first-order chi connectivity index (χ1) is 17.0. The number of halogens is 5. The first-order valence-electron chi connectivity index (χ1n) is 11.1. The van der Waals surface area contributed by atoms with Crippen LogP contribution >= 0.6 is 0 Å². The van der Waals surface area contributed by atoms with Gasteiger partial charge in [0, 0.05) is 6.54 Å². The molecule has 3 N–H and O–H groups in total. The molecule has 1 aliphatic heterocycles. The maximum atomic E-state index is 14.3. The van der Waals surface area contributed by atoms with Crippen molar-refractivity contribution in [2.45, 2.75) is 55.5 Å². The smallest absolute Gasteiger partial charge is 0.405 e. The summed E-state index contributed by atoms with van der Waals surface area (Å²) in [5.41, 5.74) is 0.491. The zero-order chi connectivity index (χ0) is 28.2. The second-order valence-corrected chi connectivity index (χ2v) is 11.2. The van der Waals surface area contributed by atoms with Gasteiger partial charge in [-0.3, -0.25) is 14.4 Å². The van der Waals surface area contributed by atoms with E-state index in [0.29, 0.717) is 11.3 Å². The second kappa shape index (κ2) is 11.7. The van der Waals surface area contributed by atoms with Gasteiger partial charge in [-0.1, -0.05) is 26.0 Å². The highest BCUT2D eigenvalue weighted by atomic mass is 32.2. The summed E-state index contributed by atoms with van der Waals surface area (Å²) in [7, 11) is -2.27. The number of carbonyl (C=O) groups is 3. The number of amides is 2. The van der Waals surface area contributed by atoms with E-state index >= 15 is 0 Å². The number of methoxy groups -OCH3 is 1. The van der Waals surface area contributed by atoms with Crippen LogP contribution in [0.5, 0.6) is 5.75 Å². The maximum absolute atomic E-state index is 14.3. The highest BCUT2D eigenvalue weighted by Crippen LogP contribution is 2.24. The molecule has 0 aliphatic carbocycles. The lowest BCUT2D eigenvalue weighted by Gasteiger charge is -2.26. The molecule has 0 spiro atoms. The van der Waals surface area contributed by atoms with Gasteiger partial charge >= 0.3 is 12.1 Å². The summed E-state index contributed by atoms with van der Waals surface area (Å²) >= 11 is 0.